The fraction of sp³-hybridized carbons (Fsp3) is 0.838. The lowest BCUT2D eigenvalue weighted by molar-refractivity contribution is -0.123. The first-order valence-electron chi connectivity index (χ1n) is 32.5. The third kappa shape index (κ3) is 59.0. The maximum absolute atomic E-state index is 12.5. The van der Waals surface area contributed by atoms with Crippen LogP contribution in [0.2, 0.25) is 0 Å². The minimum absolute atomic E-state index is 0.0582. The summed E-state index contributed by atoms with van der Waals surface area (Å²) in [4.78, 5) is 12.5. The van der Waals surface area contributed by atoms with Crippen molar-refractivity contribution < 1.29 is 15.0 Å². The number of hydrogen-bond acceptors (Lipinski definition) is 3. The fourth-order valence-electron chi connectivity index (χ4n) is 10.1. The summed E-state index contributed by atoms with van der Waals surface area (Å²) in [6.45, 7) is 4.23. The molecule has 0 rings (SSSR count). The van der Waals surface area contributed by atoms with Crippen molar-refractivity contribution in [1.29, 1.82) is 0 Å². The van der Waals surface area contributed by atoms with Gasteiger partial charge in [-0.3, -0.25) is 4.79 Å². The van der Waals surface area contributed by atoms with E-state index < -0.39 is 12.1 Å². The van der Waals surface area contributed by atoms with Crippen LogP contribution in [0.5, 0.6) is 0 Å². The summed E-state index contributed by atoms with van der Waals surface area (Å²) < 4.78 is 0. The largest absolute Gasteiger partial charge is 0.394 e. The van der Waals surface area contributed by atoms with Crippen LogP contribution in [0.3, 0.4) is 0 Å². The smallest absolute Gasteiger partial charge is 0.220 e. The molecule has 0 spiro atoms. The van der Waals surface area contributed by atoms with Gasteiger partial charge in [0.05, 0.1) is 18.8 Å². The van der Waals surface area contributed by atoms with E-state index in [-0.39, 0.29) is 12.5 Å². The molecule has 0 saturated carbocycles. The molecule has 4 nitrogen and oxygen atoms in total. The number of unbranched alkanes of at least 4 members (excludes halogenated alkanes) is 45. The predicted octanol–water partition coefficient (Wildman–Crippen LogP) is 21.9. The number of nitrogens with one attached hydrogen (secondary N) is 1. The van der Waals surface area contributed by atoms with Crippen molar-refractivity contribution in [1.82, 2.24) is 5.32 Å². The van der Waals surface area contributed by atoms with E-state index in [0.29, 0.717) is 6.42 Å². The second-order valence-corrected chi connectivity index (χ2v) is 22.2. The second-order valence-electron chi connectivity index (χ2n) is 22.2. The Morgan fingerprint density at radius 3 is 0.917 bits per heavy atom. The van der Waals surface area contributed by atoms with Gasteiger partial charge in [0.15, 0.2) is 0 Å². The van der Waals surface area contributed by atoms with Crippen molar-refractivity contribution >= 4 is 5.91 Å². The van der Waals surface area contributed by atoms with Crippen LogP contribution in [0.4, 0.5) is 0 Å². The van der Waals surface area contributed by atoms with Crippen LogP contribution in [0.1, 0.15) is 348 Å². The van der Waals surface area contributed by atoms with Crippen molar-refractivity contribution in [3.63, 3.8) is 0 Å². The third-order valence-electron chi connectivity index (χ3n) is 15.0. The monoisotopic (exact) mass is 1010 g/mol. The maximum Gasteiger partial charge on any atom is 0.220 e. The second kappa shape index (κ2) is 63.4. The molecule has 422 valence electrons. The van der Waals surface area contributed by atoms with E-state index in [1.54, 1.807) is 6.08 Å². The number of amides is 1. The fourth-order valence-corrected chi connectivity index (χ4v) is 10.1. The van der Waals surface area contributed by atoms with Crippen LogP contribution in [0.25, 0.3) is 0 Å². The first-order valence-corrected chi connectivity index (χ1v) is 32.5. The van der Waals surface area contributed by atoms with Gasteiger partial charge in [0.2, 0.25) is 5.91 Å². The van der Waals surface area contributed by atoms with Crippen molar-refractivity contribution in [2.45, 2.75) is 360 Å². The van der Waals surface area contributed by atoms with E-state index in [4.69, 9.17) is 0 Å². The highest BCUT2D eigenvalue weighted by atomic mass is 16.3. The van der Waals surface area contributed by atoms with Gasteiger partial charge in [-0.25, -0.2) is 0 Å². The first kappa shape index (κ1) is 70.1. The van der Waals surface area contributed by atoms with Crippen LogP contribution < -0.4 is 5.32 Å². The Hall–Kier alpha value is -1.91. The Bertz CT molecular complexity index is 1190. The lowest BCUT2D eigenvalue weighted by atomic mass is 10.0. The SMILES string of the molecule is CC/C=C\C/C=C\C/C=C\C/C=C\CCCCCCCCCCCCCCCCCCCCCCC(=O)NC(CO)C(O)/C=C/CCCCCCCCCCCCCCCCCCCCCCCCCCC. The molecule has 4 heteroatoms. The summed E-state index contributed by atoms with van der Waals surface area (Å²) in [6, 6.07) is -0.624. The highest BCUT2D eigenvalue weighted by Gasteiger charge is 2.18. The van der Waals surface area contributed by atoms with E-state index in [0.717, 1.165) is 51.4 Å². The summed E-state index contributed by atoms with van der Waals surface area (Å²) in [6.07, 6.45) is 90.0. The molecule has 0 aromatic heterocycles. The van der Waals surface area contributed by atoms with Crippen LogP contribution in [-0.2, 0) is 4.79 Å². The number of aliphatic hydroxyl groups is 2. The van der Waals surface area contributed by atoms with E-state index >= 15 is 0 Å². The zero-order chi connectivity index (χ0) is 52.0. The van der Waals surface area contributed by atoms with Crippen molar-refractivity contribution in [3.05, 3.63) is 60.8 Å². The summed E-state index contributed by atoms with van der Waals surface area (Å²) in [7, 11) is 0. The molecule has 0 aliphatic carbocycles. The average molecular weight is 1010 g/mol. The van der Waals surface area contributed by atoms with Crippen LogP contribution in [-0.4, -0.2) is 34.9 Å². The van der Waals surface area contributed by atoms with Crippen LogP contribution in [0.15, 0.2) is 60.8 Å². The topological polar surface area (TPSA) is 69.6 Å². The predicted molar refractivity (Wildman–Crippen MR) is 322 cm³/mol. The van der Waals surface area contributed by atoms with Crippen molar-refractivity contribution in [2.75, 3.05) is 6.61 Å². The summed E-state index contributed by atoms with van der Waals surface area (Å²) in [5, 5.41) is 23.3. The van der Waals surface area contributed by atoms with Crippen molar-refractivity contribution in [3.8, 4) is 0 Å². The molecular weight excluding hydrogens is 879 g/mol. The summed E-state index contributed by atoms with van der Waals surface area (Å²) in [5.41, 5.74) is 0. The van der Waals surface area contributed by atoms with Gasteiger partial charge in [-0.05, 0) is 57.8 Å². The third-order valence-corrected chi connectivity index (χ3v) is 15.0. The molecule has 0 heterocycles. The molecule has 1 amide bonds. The highest BCUT2D eigenvalue weighted by Crippen LogP contribution is 2.18. The molecule has 72 heavy (non-hydrogen) atoms. The molecule has 0 aromatic rings. The minimum atomic E-state index is -0.841. The average Bonchev–Trinajstić information content (AvgIpc) is 3.39. The molecule has 2 atom stereocenters. The number of hydrogen-bond donors (Lipinski definition) is 3. The lowest BCUT2D eigenvalue weighted by Gasteiger charge is -2.20. The summed E-state index contributed by atoms with van der Waals surface area (Å²) in [5.74, 6) is -0.0582. The Morgan fingerprint density at radius 1 is 0.347 bits per heavy atom. The Labute approximate surface area is 451 Å². The zero-order valence-corrected chi connectivity index (χ0v) is 48.7. The van der Waals surface area contributed by atoms with E-state index in [2.05, 4.69) is 67.8 Å². The number of carbonyl (C=O) groups is 1. The molecule has 0 aliphatic heterocycles. The number of rotatable bonds is 60. The molecule has 0 fully saturated rings. The van der Waals surface area contributed by atoms with Gasteiger partial charge in [0.1, 0.15) is 0 Å². The van der Waals surface area contributed by atoms with Crippen LogP contribution in [0, 0.1) is 0 Å². The van der Waals surface area contributed by atoms with Gasteiger partial charge in [-0.15, -0.1) is 0 Å². The lowest BCUT2D eigenvalue weighted by Crippen LogP contribution is -2.45. The number of carbonyl (C=O) groups excluding carboxylic acids is 1. The molecule has 3 N–H and O–H groups in total. The molecule has 0 saturated heterocycles. The maximum atomic E-state index is 12.5. The minimum Gasteiger partial charge on any atom is -0.394 e. The quantitative estimate of drug-likeness (QED) is 0.0420. The van der Waals surface area contributed by atoms with Gasteiger partial charge in [0, 0.05) is 6.42 Å². The Balaban J connectivity index is 3.44. The molecule has 0 aliphatic rings. The van der Waals surface area contributed by atoms with Gasteiger partial charge in [-0.1, -0.05) is 344 Å². The Kier molecular flexibility index (Phi) is 61.7. The van der Waals surface area contributed by atoms with Gasteiger partial charge in [-0.2, -0.15) is 0 Å². The zero-order valence-electron chi connectivity index (χ0n) is 48.7. The Morgan fingerprint density at radius 2 is 0.611 bits per heavy atom. The summed E-state index contributed by atoms with van der Waals surface area (Å²) >= 11 is 0. The highest BCUT2D eigenvalue weighted by molar-refractivity contribution is 5.76. The standard InChI is InChI=1S/C68H127NO3/c1-3-5-7-9-11-13-15-17-19-21-23-25-27-29-31-32-33-34-35-36-38-40-42-44-46-48-50-52-54-56-58-60-62-64-68(72)69-66(65-70)67(71)63-61-59-57-55-53-51-49-47-45-43-41-39-37-30-28-26-24-22-20-18-16-14-12-10-8-6-4-2/h5,7,11,13,17,19,23,25,61,63,66-67,70-71H,3-4,6,8-10,12,14-16,18,20-22,24,26-60,62,64-65H2,1-2H3,(H,69,72)/b7-5-,13-11-,19-17-,25-23-,63-61+. The number of aliphatic hydroxyl groups excluding tert-OH is 2. The molecule has 0 radical (unpaired) electrons. The molecule has 0 bridgehead atoms. The van der Waals surface area contributed by atoms with Gasteiger partial charge < -0.3 is 15.5 Å². The molecule has 2 unspecified atom stereocenters. The molecule has 0 aromatic carbocycles. The molecular formula is C68H127NO3. The van der Waals surface area contributed by atoms with Gasteiger partial charge >= 0.3 is 0 Å². The van der Waals surface area contributed by atoms with E-state index in [1.807, 2.05) is 6.08 Å². The van der Waals surface area contributed by atoms with E-state index in [9.17, 15) is 15.0 Å². The number of allylic oxidation sites excluding steroid dienone is 9. The first-order chi connectivity index (χ1) is 35.7. The van der Waals surface area contributed by atoms with Crippen molar-refractivity contribution in [2.24, 2.45) is 0 Å². The van der Waals surface area contributed by atoms with Gasteiger partial charge in [0.25, 0.3) is 0 Å². The normalized spacial score (nSPS) is 13.1. The van der Waals surface area contributed by atoms with E-state index in [1.165, 1.54) is 276 Å². The van der Waals surface area contributed by atoms with Crippen LogP contribution >= 0.6 is 0 Å².